The second-order valence-electron chi connectivity index (χ2n) is 5.19. The molecule has 1 rings (SSSR count). The molecule has 0 saturated heterocycles. The van der Waals surface area contributed by atoms with Crippen LogP contribution in [0.4, 0.5) is 0 Å². The molecule has 0 aliphatic heterocycles. The molecule has 4 heteroatoms. The van der Waals surface area contributed by atoms with Gasteiger partial charge in [0.25, 0.3) is 0 Å². The molecule has 0 unspecified atom stereocenters. The number of ether oxygens (including phenoxy) is 2. The molecule has 1 aromatic carbocycles. The van der Waals surface area contributed by atoms with Gasteiger partial charge in [0.05, 0.1) is 18.8 Å². The van der Waals surface area contributed by atoms with Gasteiger partial charge in [0, 0.05) is 5.57 Å². The molecule has 0 aliphatic rings. The van der Waals surface area contributed by atoms with E-state index >= 15 is 0 Å². The van der Waals surface area contributed by atoms with Crippen LogP contribution in [0.15, 0.2) is 42.0 Å². The van der Waals surface area contributed by atoms with Crippen LogP contribution in [-0.2, 0) is 14.3 Å². The summed E-state index contributed by atoms with van der Waals surface area (Å²) in [4.78, 5) is 23.2. The van der Waals surface area contributed by atoms with Gasteiger partial charge in [-0.15, -0.1) is 0 Å². The number of esters is 2. The van der Waals surface area contributed by atoms with Gasteiger partial charge in [0.2, 0.25) is 0 Å². The molecule has 120 valence electrons. The minimum atomic E-state index is -0.300. The first-order chi connectivity index (χ1) is 10.5. The maximum absolute atomic E-state index is 11.7. The van der Waals surface area contributed by atoms with Crippen molar-refractivity contribution in [2.45, 2.75) is 33.6 Å². The Morgan fingerprint density at radius 3 is 2.50 bits per heavy atom. The van der Waals surface area contributed by atoms with E-state index in [1.165, 1.54) is 0 Å². The Labute approximate surface area is 132 Å². The van der Waals surface area contributed by atoms with Crippen molar-refractivity contribution in [3.05, 3.63) is 47.5 Å². The third-order valence-electron chi connectivity index (χ3n) is 3.18. The third kappa shape index (κ3) is 6.57. The number of hydrogen-bond acceptors (Lipinski definition) is 4. The first kappa shape index (κ1) is 18.0. The van der Waals surface area contributed by atoms with Crippen molar-refractivity contribution in [3.63, 3.8) is 0 Å². The number of benzene rings is 1. The maximum atomic E-state index is 11.7. The lowest BCUT2D eigenvalue weighted by Crippen LogP contribution is -2.08. The zero-order chi connectivity index (χ0) is 16.4. The first-order valence-corrected chi connectivity index (χ1v) is 7.62. The van der Waals surface area contributed by atoms with Gasteiger partial charge in [-0.1, -0.05) is 31.2 Å². The lowest BCUT2D eigenvalue weighted by atomic mass is 10.0. The average Bonchev–Trinajstić information content (AvgIpc) is 2.52. The first-order valence-electron chi connectivity index (χ1n) is 7.62. The number of carbonyl (C=O) groups is 2. The topological polar surface area (TPSA) is 52.6 Å². The maximum Gasteiger partial charge on any atom is 0.338 e. The van der Waals surface area contributed by atoms with E-state index in [0.717, 1.165) is 12.8 Å². The number of rotatable bonds is 8. The largest absolute Gasteiger partial charge is 0.463 e. The highest BCUT2D eigenvalue weighted by molar-refractivity contribution is 5.89. The Kier molecular flexibility index (Phi) is 7.97. The molecule has 0 spiro atoms. The summed E-state index contributed by atoms with van der Waals surface area (Å²) in [6.45, 7) is 6.33. The van der Waals surface area contributed by atoms with Crippen LogP contribution in [0.1, 0.15) is 44.0 Å². The summed E-state index contributed by atoms with van der Waals surface area (Å²) in [5.41, 5.74) is 1.18. The minimum Gasteiger partial charge on any atom is -0.463 e. The zero-order valence-corrected chi connectivity index (χ0v) is 13.5. The van der Waals surface area contributed by atoms with Crippen LogP contribution in [0.5, 0.6) is 0 Å². The van der Waals surface area contributed by atoms with E-state index in [1.54, 1.807) is 26.0 Å². The molecular weight excluding hydrogens is 280 g/mol. The van der Waals surface area contributed by atoms with Crippen molar-refractivity contribution in [2.24, 2.45) is 5.92 Å². The predicted octanol–water partition coefficient (Wildman–Crippen LogP) is 3.77. The Hall–Kier alpha value is -2.10. The summed E-state index contributed by atoms with van der Waals surface area (Å²) < 4.78 is 10.2. The van der Waals surface area contributed by atoms with Crippen LogP contribution in [-0.4, -0.2) is 25.2 Å². The lowest BCUT2D eigenvalue weighted by Gasteiger charge is -2.09. The molecule has 22 heavy (non-hydrogen) atoms. The molecule has 0 N–H and O–H groups in total. The number of hydrogen-bond donors (Lipinski definition) is 0. The fourth-order valence-electron chi connectivity index (χ4n) is 2.05. The Balaban J connectivity index is 2.28. The summed E-state index contributed by atoms with van der Waals surface area (Å²) in [6, 6.07) is 8.94. The van der Waals surface area contributed by atoms with Crippen molar-refractivity contribution in [1.82, 2.24) is 0 Å². The van der Waals surface area contributed by atoms with Gasteiger partial charge in [-0.3, -0.25) is 0 Å². The smallest absolute Gasteiger partial charge is 0.338 e. The molecule has 0 fully saturated rings. The van der Waals surface area contributed by atoms with Gasteiger partial charge in [-0.2, -0.15) is 0 Å². The Morgan fingerprint density at radius 2 is 1.86 bits per heavy atom. The average molecular weight is 304 g/mol. The molecule has 1 atom stereocenters. The van der Waals surface area contributed by atoms with Crippen molar-refractivity contribution >= 4 is 11.9 Å². The summed E-state index contributed by atoms with van der Waals surface area (Å²) in [5.74, 6) is -0.337. The molecule has 0 radical (unpaired) electrons. The van der Waals surface area contributed by atoms with Crippen LogP contribution in [0.3, 0.4) is 0 Å². The van der Waals surface area contributed by atoms with Gasteiger partial charge in [0.15, 0.2) is 0 Å². The highest BCUT2D eigenvalue weighted by Gasteiger charge is 2.08. The van der Waals surface area contributed by atoms with E-state index in [1.807, 2.05) is 31.2 Å². The normalized spacial score (nSPS) is 12.6. The molecule has 0 heterocycles. The minimum absolute atomic E-state index is 0.236. The van der Waals surface area contributed by atoms with Crippen molar-refractivity contribution in [2.75, 3.05) is 13.2 Å². The monoisotopic (exact) mass is 304 g/mol. The van der Waals surface area contributed by atoms with E-state index in [-0.39, 0.29) is 17.9 Å². The summed E-state index contributed by atoms with van der Waals surface area (Å²) >= 11 is 0. The van der Waals surface area contributed by atoms with Gasteiger partial charge >= 0.3 is 11.9 Å². The lowest BCUT2D eigenvalue weighted by molar-refractivity contribution is -0.138. The van der Waals surface area contributed by atoms with E-state index in [9.17, 15) is 9.59 Å². The fourth-order valence-corrected chi connectivity index (χ4v) is 2.05. The van der Waals surface area contributed by atoms with Gasteiger partial charge in [-0.25, -0.2) is 9.59 Å². The van der Waals surface area contributed by atoms with Crippen molar-refractivity contribution in [1.29, 1.82) is 0 Å². The standard InChI is InChI=1S/C18H24O4/c1-4-21-17(19)15(3)13-14(2)9-8-12-22-18(20)16-10-6-5-7-11-16/h5-7,10-11,13-14H,4,8-9,12H2,1-3H3/b15-13+/t14-/m0/s1. The second-order valence-corrected chi connectivity index (χ2v) is 5.19. The van der Waals surface area contributed by atoms with E-state index in [0.29, 0.717) is 24.4 Å². The fraction of sp³-hybridized carbons (Fsp3) is 0.444. The Bertz CT molecular complexity index is 505. The van der Waals surface area contributed by atoms with Crippen LogP contribution in [0.25, 0.3) is 0 Å². The highest BCUT2D eigenvalue weighted by Crippen LogP contribution is 2.12. The molecule has 0 aromatic heterocycles. The van der Waals surface area contributed by atoms with Crippen molar-refractivity contribution < 1.29 is 19.1 Å². The predicted molar refractivity (Wildman–Crippen MR) is 85.5 cm³/mol. The van der Waals surface area contributed by atoms with Crippen LogP contribution < -0.4 is 0 Å². The second kappa shape index (κ2) is 9.77. The zero-order valence-electron chi connectivity index (χ0n) is 13.5. The van der Waals surface area contributed by atoms with Gasteiger partial charge < -0.3 is 9.47 Å². The van der Waals surface area contributed by atoms with Crippen LogP contribution >= 0.6 is 0 Å². The molecule has 0 bridgehead atoms. The summed E-state index contributed by atoms with van der Waals surface area (Å²) in [7, 11) is 0. The van der Waals surface area contributed by atoms with E-state index in [2.05, 4.69) is 0 Å². The highest BCUT2D eigenvalue weighted by atomic mass is 16.5. The van der Waals surface area contributed by atoms with Crippen LogP contribution in [0.2, 0.25) is 0 Å². The molecular formula is C18H24O4. The molecule has 0 saturated carbocycles. The third-order valence-corrected chi connectivity index (χ3v) is 3.18. The molecule has 0 aliphatic carbocycles. The van der Waals surface area contributed by atoms with E-state index in [4.69, 9.17) is 9.47 Å². The summed E-state index contributed by atoms with van der Waals surface area (Å²) in [6.07, 6.45) is 3.50. The summed E-state index contributed by atoms with van der Waals surface area (Å²) in [5, 5.41) is 0. The van der Waals surface area contributed by atoms with Gasteiger partial charge in [0.1, 0.15) is 0 Å². The number of carbonyl (C=O) groups excluding carboxylic acids is 2. The molecule has 0 amide bonds. The van der Waals surface area contributed by atoms with Crippen molar-refractivity contribution in [3.8, 4) is 0 Å². The quantitative estimate of drug-likeness (QED) is 0.417. The van der Waals surface area contributed by atoms with E-state index < -0.39 is 0 Å². The van der Waals surface area contributed by atoms with Gasteiger partial charge in [-0.05, 0) is 44.7 Å². The SMILES string of the molecule is CCOC(=O)/C(C)=C/[C@@H](C)CCCOC(=O)c1ccccc1. The Morgan fingerprint density at radius 1 is 1.18 bits per heavy atom. The number of allylic oxidation sites excluding steroid dienone is 1. The molecule has 1 aromatic rings. The van der Waals surface area contributed by atoms with Crippen LogP contribution in [0, 0.1) is 5.92 Å². The molecule has 4 nitrogen and oxygen atoms in total.